The fourth-order valence-electron chi connectivity index (χ4n) is 4.76. The Morgan fingerprint density at radius 1 is 0.818 bits per heavy atom. The SMILES string of the molecule is CCCCCC[C@@H](Cl)[C@@H](Cl)[C@@H](O[Si](C)(C)C(C)(C)C)[C@@H]1CC(CCCCCCCCC(Cl)(Cl)CO[Si](C)(C)C(C)(C)C)=NO1. The van der Waals surface area contributed by atoms with E-state index in [0.29, 0.717) is 6.61 Å². The molecule has 0 aromatic carbocycles. The highest BCUT2D eigenvalue weighted by Gasteiger charge is 2.46. The zero-order valence-electron chi connectivity index (χ0n) is 30.1. The molecule has 10 heteroatoms. The maximum atomic E-state index is 7.08. The average molecular weight is 736 g/mol. The molecule has 0 aliphatic carbocycles. The first-order valence-electron chi connectivity index (χ1n) is 17.3. The first-order valence-corrected chi connectivity index (χ1v) is 24.8. The van der Waals surface area contributed by atoms with Crippen molar-refractivity contribution in [3.05, 3.63) is 0 Å². The molecule has 0 aromatic rings. The molecule has 1 rings (SSSR count). The fraction of sp³-hybridized carbons (Fsp3) is 0.971. The highest BCUT2D eigenvalue weighted by Crippen LogP contribution is 2.41. The predicted molar refractivity (Wildman–Crippen MR) is 202 cm³/mol. The molecular weight excluding hydrogens is 668 g/mol. The highest BCUT2D eigenvalue weighted by atomic mass is 35.5. The van der Waals surface area contributed by atoms with E-state index in [1.54, 1.807) is 0 Å². The summed E-state index contributed by atoms with van der Waals surface area (Å²) in [5, 5.41) is 4.25. The molecule has 4 nitrogen and oxygen atoms in total. The largest absolute Gasteiger partial charge is 0.414 e. The molecule has 1 heterocycles. The van der Waals surface area contributed by atoms with Gasteiger partial charge in [0.15, 0.2) is 22.7 Å². The fourth-order valence-corrected chi connectivity index (χ4v) is 8.42. The lowest BCUT2D eigenvalue weighted by Crippen LogP contribution is -2.51. The summed E-state index contributed by atoms with van der Waals surface area (Å²) in [7, 11) is -3.93. The van der Waals surface area contributed by atoms with Crippen LogP contribution in [0.2, 0.25) is 36.3 Å². The van der Waals surface area contributed by atoms with Gasteiger partial charge in [-0.15, -0.1) is 23.2 Å². The first-order chi connectivity index (χ1) is 20.1. The summed E-state index contributed by atoms with van der Waals surface area (Å²) in [6, 6.07) is 0. The maximum absolute atomic E-state index is 7.08. The summed E-state index contributed by atoms with van der Waals surface area (Å²) in [6.07, 6.45) is 14.5. The third kappa shape index (κ3) is 15.5. The molecule has 1 aliphatic heterocycles. The zero-order chi connectivity index (χ0) is 33.8. The van der Waals surface area contributed by atoms with Gasteiger partial charge in [0.05, 0.1) is 23.1 Å². The smallest absolute Gasteiger partial charge is 0.192 e. The van der Waals surface area contributed by atoms with Crippen LogP contribution in [-0.4, -0.2) is 56.2 Å². The molecule has 0 saturated carbocycles. The van der Waals surface area contributed by atoms with Gasteiger partial charge in [-0.2, -0.15) is 0 Å². The Bertz CT molecular complexity index is 843. The van der Waals surface area contributed by atoms with Crippen LogP contribution in [0, 0.1) is 0 Å². The minimum absolute atomic E-state index is 0.0701. The summed E-state index contributed by atoms with van der Waals surface area (Å²) in [4.78, 5) is 6.01. The van der Waals surface area contributed by atoms with E-state index in [0.717, 1.165) is 57.1 Å². The van der Waals surface area contributed by atoms with E-state index in [-0.39, 0.29) is 33.0 Å². The monoisotopic (exact) mass is 733 g/mol. The molecule has 4 atom stereocenters. The first kappa shape index (κ1) is 43.0. The number of nitrogens with zero attached hydrogens (tertiary/aromatic N) is 1. The number of oxime groups is 1. The summed E-state index contributed by atoms with van der Waals surface area (Å²) >= 11 is 27.2. The molecule has 44 heavy (non-hydrogen) atoms. The Kier molecular flexibility index (Phi) is 18.8. The van der Waals surface area contributed by atoms with Crippen molar-refractivity contribution < 1.29 is 13.7 Å². The second-order valence-corrected chi connectivity index (χ2v) is 28.5. The molecule has 262 valence electrons. The van der Waals surface area contributed by atoms with Crippen LogP contribution in [-0.2, 0) is 13.7 Å². The van der Waals surface area contributed by atoms with Crippen molar-refractivity contribution in [2.75, 3.05) is 6.61 Å². The molecule has 0 fully saturated rings. The van der Waals surface area contributed by atoms with E-state index < -0.39 is 21.0 Å². The third-order valence-electron chi connectivity index (χ3n) is 10.1. The van der Waals surface area contributed by atoms with Crippen molar-refractivity contribution in [3.8, 4) is 0 Å². The van der Waals surface area contributed by atoms with Crippen LogP contribution < -0.4 is 0 Å². The number of halogens is 4. The van der Waals surface area contributed by atoms with Gasteiger partial charge in [-0.1, -0.05) is 135 Å². The minimum atomic E-state index is -2.09. The van der Waals surface area contributed by atoms with Crippen LogP contribution in [0.4, 0.5) is 0 Å². The van der Waals surface area contributed by atoms with Gasteiger partial charge in [0, 0.05) is 6.42 Å². The maximum Gasteiger partial charge on any atom is 0.192 e. The Hall–Kier alpha value is 0.984. The van der Waals surface area contributed by atoms with Crippen molar-refractivity contribution >= 4 is 68.8 Å². The Labute approximate surface area is 294 Å². The van der Waals surface area contributed by atoms with E-state index >= 15 is 0 Å². The second kappa shape index (κ2) is 19.2. The molecule has 0 unspecified atom stereocenters. The topological polar surface area (TPSA) is 40.0 Å². The number of hydrogen-bond donors (Lipinski definition) is 0. The van der Waals surface area contributed by atoms with Crippen LogP contribution in [0.15, 0.2) is 5.16 Å². The van der Waals surface area contributed by atoms with E-state index in [4.69, 9.17) is 60.1 Å². The van der Waals surface area contributed by atoms with Crippen molar-refractivity contribution in [3.63, 3.8) is 0 Å². The summed E-state index contributed by atoms with van der Waals surface area (Å²) in [5.41, 5.74) is 1.12. The Balaban J connectivity index is 2.48. The van der Waals surface area contributed by atoms with E-state index in [2.05, 4.69) is 79.8 Å². The normalized spacial score (nSPS) is 19.1. The van der Waals surface area contributed by atoms with Gasteiger partial charge in [0.2, 0.25) is 0 Å². The van der Waals surface area contributed by atoms with E-state index in [1.165, 1.54) is 38.5 Å². The minimum Gasteiger partial charge on any atom is -0.414 e. The molecule has 0 amide bonds. The zero-order valence-corrected chi connectivity index (χ0v) is 35.1. The van der Waals surface area contributed by atoms with Gasteiger partial charge in [0.25, 0.3) is 0 Å². The lowest BCUT2D eigenvalue weighted by atomic mass is 9.98. The highest BCUT2D eigenvalue weighted by molar-refractivity contribution is 6.74. The van der Waals surface area contributed by atoms with E-state index in [1.807, 2.05) is 0 Å². The van der Waals surface area contributed by atoms with Crippen LogP contribution in [0.25, 0.3) is 0 Å². The van der Waals surface area contributed by atoms with Gasteiger partial charge in [-0.25, -0.2) is 0 Å². The average Bonchev–Trinajstić information content (AvgIpc) is 3.37. The van der Waals surface area contributed by atoms with Crippen molar-refractivity contribution in [2.24, 2.45) is 5.16 Å². The molecule has 0 spiro atoms. The van der Waals surface area contributed by atoms with Gasteiger partial charge in [-0.05, 0) is 61.9 Å². The standard InChI is InChI=1S/C34H67Cl4NO3Si2/c1-12-13-14-20-23-28(35)30(36)31(42-44(10,11)33(5,6)7)29-25-27(39-41-29)22-19-17-15-16-18-21-24-34(37,38)26-40-43(8,9)32(2,3)4/h28-31H,12-26H2,1-11H3/t28-,29+,30-,31+/m1/s1. The third-order valence-corrected chi connectivity index (χ3v) is 20.8. The number of unbranched alkanes of at least 4 members (excludes halogenated alkanes) is 8. The van der Waals surface area contributed by atoms with Crippen molar-refractivity contribution in [1.82, 2.24) is 0 Å². The molecule has 0 aromatic heterocycles. The van der Waals surface area contributed by atoms with Crippen LogP contribution >= 0.6 is 46.4 Å². The molecule has 0 bridgehead atoms. The second-order valence-electron chi connectivity index (χ2n) is 16.2. The summed E-state index contributed by atoms with van der Waals surface area (Å²) < 4.78 is 12.3. The van der Waals surface area contributed by atoms with Crippen LogP contribution in [0.1, 0.15) is 138 Å². The lowest BCUT2D eigenvalue weighted by Gasteiger charge is -2.42. The van der Waals surface area contributed by atoms with Crippen molar-refractivity contribution in [2.45, 2.75) is 202 Å². The van der Waals surface area contributed by atoms with Gasteiger partial charge < -0.3 is 13.7 Å². The van der Waals surface area contributed by atoms with Gasteiger partial charge in [-0.3, -0.25) is 0 Å². The van der Waals surface area contributed by atoms with Crippen molar-refractivity contribution in [1.29, 1.82) is 0 Å². The number of hydrogen-bond acceptors (Lipinski definition) is 4. The van der Waals surface area contributed by atoms with Gasteiger partial charge >= 0.3 is 0 Å². The van der Waals surface area contributed by atoms with Crippen LogP contribution in [0.3, 0.4) is 0 Å². The lowest BCUT2D eigenvalue weighted by molar-refractivity contribution is -0.0126. The predicted octanol–water partition coefficient (Wildman–Crippen LogP) is 13.0. The van der Waals surface area contributed by atoms with Crippen LogP contribution in [0.5, 0.6) is 0 Å². The summed E-state index contributed by atoms with van der Waals surface area (Å²) in [5.74, 6) is 0. The molecule has 0 radical (unpaired) electrons. The molecular formula is C34H67Cl4NO3Si2. The number of alkyl halides is 4. The Morgan fingerprint density at radius 2 is 1.36 bits per heavy atom. The Morgan fingerprint density at radius 3 is 1.93 bits per heavy atom. The number of rotatable bonds is 22. The quantitative estimate of drug-likeness (QED) is 0.0631. The molecule has 1 aliphatic rings. The molecule has 0 saturated heterocycles. The summed E-state index contributed by atoms with van der Waals surface area (Å²) in [6.45, 7) is 25.1. The molecule has 0 N–H and O–H groups in total. The van der Waals surface area contributed by atoms with Gasteiger partial charge in [0.1, 0.15) is 10.4 Å². The van der Waals surface area contributed by atoms with E-state index in [9.17, 15) is 0 Å².